The molecule has 0 radical (unpaired) electrons. The Morgan fingerprint density at radius 3 is 2.35 bits per heavy atom. The first-order valence-corrected chi connectivity index (χ1v) is 12.2. The molecule has 4 rings (SSSR count). The zero-order chi connectivity index (χ0) is 24.1. The molecular formula is C25H26N2O6S. The van der Waals surface area contributed by atoms with E-state index in [4.69, 9.17) is 14.2 Å². The highest BCUT2D eigenvalue weighted by molar-refractivity contribution is 7.92. The number of benzene rings is 3. The van der Waals surface area contributed by atoms with Gasteiger partial charge in [-0.05, 0) is 61.0 Å². The molecule has 178 valence electrons. The Kier molecular flexibility index (Phi) is 6.93. The van der Waals surface area contributed by atoms with Gasteiger partial charge in [0.25, 0.3) is 10.0 Å². The Labute approximate surface area is 199 Å². The maximum absolute atomic E-state index is 13.4. The minimum Gasteiger partial charge on any atom is -0.497 e. The monoisotopic (exact) mass is 482 g/mol. The van der Waals surface area contributed by atoms with Gasteiger partial charge >= 0.3 is 0 Å². The molecule has 0 aromatic heterocycles. The van der Waals surface area contributed by atoms with Crippen LogP contribution in [0, 0.1) is 0 Å². The molecular weight excluding hydrogens is 456 g/mol. The maximum Gasteiger partial charge on any atom is 0.264 e. The number of methoxy groups -OCH3 is 1. The van der Waals surface area contributed by atoms with Crippen LogP contribution >= 0.6 is 0 Å². The van der Waals surface area contributed by atoms with Crippen LogP contribution in [-0.2, 0) is 14.8 Å². The number of sulfonamides is 1. The Bertz CT molecular complexity index is 1250. The van der Waals surface area contributed by atoms with Gasteiger partial charge in [-0.1, -0.05) is 24.3 Å². The number of rotatable bonds is 8. The Morgan fingerprint density at radius 1 is 1.00 bits per heavy atom. The lowest BCUT2D eigenvalue weighted by Crippen LogP contribution is -2.41. The van der Waals surface area contributed by atoms with E-state index >= 15 is 0 Å². The summed E-state index contributed by atoms with van der Waals surface area (Å²) in [5, 5.41) is 2.88. The summed E-state index contributed by atoms with van der Waals surface area (Å²) in [7, 11) is -2.46. The topological polar surface area (TPSA) is 94.2 Å². The minimum atomic E-state index is -3.99. The SMILES string of the molecule is COc1ccc(N(CC(=O)N[C@@H](C)c2ccc3c(c2)OCCO3)S(=O)(=O)c2ccccc2)cc1. The van der Waals surface area contributed by atoms with Gasteiger partial charge in [0.2, 0.25) is 5.91 Å². The average molecular weight is 483 g/mol. The first kappa shape index (κ1) is 23.4. The van der Waals surface area contributed by atoms with Crippen molar-refractivity contribution in [3.63, 3.8) is 0 Å². The molecule has 9 heteroatoms. The van der Waals surface area contributed by atoms with E-state index in [1.807, 2.05) is 19.1 Å². The van der Waals surface area contributed by atoms with Gasteiger partial charge in [0.15, 0.2) is 11.5 Å². The van der Waals surface area contributed by atoms with E-state index in [0.717, 1.165) is 9.87 Å². The van der Waals surface area contributed by atoms with Crippen molar-refractivity contribution in [1.29, 1.82) is 0 Å². The number of ether oxygens (including phenoxy) is 3. The smallest absolute Gasteiger partial charge is 0.264 e. The number of fused-ring (bicyclic) bond motifs is 1. The Morgan fingerprint density at radius 2 is 1.68 bits per heavy atom. The lowest BCUT2D eigenvalue weighted by atomic mass is 10.1. The fourth-order valence-corrected chi connectivity index (χ4v) is 5.06. The van der Waals surface area contributed by atoms with Crippen LogP contribution in [0.2, 0.25) is 0 Å². The Balaban J connectivity index is 1.56. The van der Waals surface area contributed by atoms with Crippen molar-refractivity contribution in [2.45, 2.75) is 17.9 Å². The molecule has 1 aliphatic rings. The number of hydrogen-bond acceptors (Lipinski definition) is 6. The van der Waals surface area contributed by atoms with Gasteiger partial charge < -0.3 is 19.5 Å². The first-order valence-electron chi connectivity index (χ1n) is 10.8. The van der Waals surface area contributed by atoms with Crippen LogP contribution in [0.15, 0.2) is 77.7 Å². The van der Waals surface area contributed by atoms with E-state index in [2.05, 4.69) is 5.32 Å². The lowest BCUT2D eigenvalue weighted by molar-refractivity contribution is -0.120. The number of amides is 1. The van der Waals surface area contributed by atoms with Crippen LogP contribution in [0.25, 0.3) is 0 Å². The fourth-order valence-electron chi connectivity index (χ4n) is 3.61. The summed E-state index contributed by atoms with van der Waals surface area (Å²) in [6.45, 7) is 2.40. The number of nitrogens with one attached hydrogen (secondary N) is 1. The third-order valence-corrected chi connectivity index (χ3v) is 7.21. The molecule has 0 spiro atoms. The summed E-state index contributed by atoms with van der Waals surface area (Å²) >= 11 is 0. The lowest BCUT2D eigenvalue weighted by Gasteiger charge is -2.25. The molecule has 1 atom stereocenters. The zero-order valence-electron chi connectivity index (χ0n) is 18.9. The fraction of sp³-hybridized carbons (Fsp3) is 0.240. The largest absolute Gasteiger partial charge is 0.497 e. The van der Waals surface area contributed by atoms with Crippen molar-refractivity contribution in [3.8, 4) is 17.2 Å². The normalized spacial score (nSPS) is 13.6. The first-order chi connectivity index (χ1) is 16.4. The second-order valence-electron chi connectivity index (χ2n) is 7.72. The van der Waals surface area contributed by atoms with Crippen molar-refractivity contribution in [2.24, 2.45) is 0 Å². The second-order valence-corrected chi connectivity index (χ2v) is 9.58. The molecule has 0 saturated heterocycles. The number of carbonyl (C=O) groups excluding carboxylic acids is 1. The van der Waals surface area contributed by atoms with Gasteiger partial charge in [0.1, 0.15) is 25.5 Å². The second kappa shape index (κ2) is 10.0. The van der Waals surface area contributed by atoms with Crippen molar-refractivity contribution in [3.05, 3.63) is 78.4 Å². The van der Waals surface area contributed by atoms with Gasteiger partial charge in [-0.2, -0.15) is 0 Å². The zero-order valence-corrected chi connectivity index (χ0v) is 19.7. The molecule has 0 bridgehead atoms. The van der Waals surface area contributed by atoms with E-state index in [1.54, 1.807) is 48.5 Å². The van der Waals surface area contributed by atoms with Crippen LogP contribution in [0.5, 0.6) is 17.2 Å². The molecule has 0 aliphatic carbocycles. The molecule has 1 N–H and O–H groups in total. The summed E-state index contributed by atoms with van der Waals surface area (Å²) in [5.41, 5.74) is 1.17. The highest BCUT2D eigenvalue weighted by Gasteiger charge is 2.28. The maximum atomic E-state index is 13.4. The predicted molar refractivity (Wildman–Crippen MR) is 128 cm³/mol. The van der Waals surface area contributed by atoms with Crippen molar-refractivity contribution in [2.75, 3.05) is 31.2 Å². The summed E-state index contributed by atoms with van der Waals surface area (Å²) in [5.74, 6) is 1.42. The van der Waals surface area contributed by atoms with E-state index in [9.17, 15) is 13.2 Å². The predicted octanol–water partition coefficient (Wildman–Crippen LogP) is 3.54. The number of nitrogens with zero attached hydrogens (tertiary/aromatic N) is 1. The quantitative estimate of drug-likeness (QED) is 0.528. The van der Waals surface area contributed by atoms with E-state index < -0.39 is 22.5 Å². The molecule has 0 saturated carbocycles. The van der Waals surface area contributed by atoms with E-state index in [0.29, 0.717) is 36.1 Å². The summed E-state index contributed by atoms with van der Waals surface area (Å²) in [4.78, 5) is 13.1. The summed E-state index contributed by atoms with van der Waals surface area (Å²) in [6, 6.07) is 19.6. The summed E-state index contributed by atoms with van der Waals surface area (Å²) < 4.78 is 44.3. The van der Waals surface area contributed by atoms with Gasteiger partial charge in [0, 0.05) is 0 Å². The average Bonchev–Trinajstić information content (AvgIpc) is 2.87. The molecule has 1 amide bonds. The van der Waals surface area contributed by atoms with Crippen LogP contribution < -0.4 is 23.8 Å². The van der Waals surface area contributed by atoms with E-state index in [-0.39, 0.29) is 10.9 Å². The van der Waals surface area contributed by atoms with Crippen molar-refractivity contribution < 1.29 is 27.4 Å². The number of carbonyl (C=O) groups is 1. The summed E-state index contributed by atoms with van der Waals surface area (Å²) in [6.07, 6.45) is 0. The number of anilines is 1. The van der Waals surface area contributed by atoms with Crippen LogP contribution in [-0.4, -0.2) is 41.2 Å². The highest BCUT2D eigenvalue weighted by Crippen LogP contribution is 2.32. The van der Waals surface area contributed by atoms with Gasteiger partial charge in [-0.15, -0.1) is 0 Å². The molecule has 1 heterocycles. The van der Waals surface area contributed by atoms with E-state index in [1.165, 1.54) is 19.2 Å². The minimum absolute atomic E-state index is 0.0958. The molecule has 3 aromatic carbocycles. The molecule has 0 unspecified atom stereocenters. The number of hydrogen-bond donors (Lipinski definition) is 1. The van der Waals surface area contributed by atoms with Gasteiger partial charge in [-0.25, -0.2) is 8.42 Å². The molecule has 1 aliphatic heterocycles. The van der Waals surface area contributed by atoms with Crippen LogP contribution in [0.4, 0.5) is 5.69 Å². The standard InChI is InChI=1S/C25H26N2O6S/c1-18(19-8-13-23-24(16-19)33-15-14-32-23)26-25(28)17-27(20-9-11-21(31-2)12-10-20)34(29,30)22-6-4-3-5-7-22/h3-13,16,18H,14-15,17H2,1-2H3,(H,26,28)/t18-/m0/s1. The third kappa shape index (κ3) is 5.09. The van der Waals surface area contributed by atoms with Crippen LogP contribution in [0.1, 0.15) is 18.5 Å². The Hall–Kier alpha value is -3.72. The van der Waals surface area contributed by atoms with Crippen molar-refractivity contribution >= 4 is 21.6 Å². The van der Waals surface area contributed by atoms with Gasteiger partial charge in [-0.3, -0.25) is 9.10 Å². The molecule has 34 heavy (non-hydrogen) atoms. The highest BCUT2D eigenvalue weighted by atomic mass is 32.2. The van der Waals surface area contributed by atoms with Crippen LogP contribution in [0.3, 0.4) is 0 Å². The molecule has 8 nitrogen and oxygen atoms in total. The third-order valence-electron chi connectivity index (χ3n) is 5.42. The molecule has 3 aromatic rings. The molecule has 0 fully saturated rings. The van der Waals surface area contributed by atoms with Gasteiger partial charge in [0.05, 0.1) is 23.7 Å². The van der Waals surface area contributed by atoms with Crippen molar-refractivity contribution in [1.82, 2.24) is 5.32 Å².